The van der Waals surface area contributed by atoms with Gasteiger partial charge in [0.2, 0.25) is 0 Å². The summed E-state index contributed by atoms with van der Waals surface area (Å²) in [4.78, 5) is 0. The summed E-state index contributed by atoms with van der Waals surface area (Å²) in [6.45, 7) is 8.53. The van der Waals surface area contributed by atoms with Crippen LogP contribution < -0.4 is 0 Å². The molecule has 2 N–H and O–H groups in total. The summed E-state index contributed by atoms with van der Waals surface area (Å²) in [6, 6.07) is 5.93. The molecule has 0 saturated heterocycles. The Morgan fingerprint density at radius 3 is 2.68 bits per heavy atom. The van der Waals surface area contributed by atoms with E-state index in [4.69, 9.17) is 4.74 Å². The van der Waals surface area contributed by atoms with Crippen molar-refractivity contribution in [3.05, 3.63) is 29.3 Å². The molecular formula is C22H32O3. The van der Waals surface area contributed by atoms with Gasteiger partial charge in [0.1, 0.15) is 5.75 Å². The number of aromatic hydroxyl groups is 1. The summed E-state index contributed by atoms with van der Waals surface area (Å²) in [5.74, 6) is 2.10. The van der Waals surface area contributed by atoms with Crippen LogP contribution in [0.15, 0.2) is 18.2 Å². The number of aryl methyl sites for hydroxylation is 1. The Hall–Kier alpha value is -1.06. The lowest BCUT2D eigenvalue weighted by Crippen LogP contribution is -2.45. The standard InChI is InChI=1S/C22H32O3/c1-21(2,3)25-19-12-18-17-7-5-13-11-14(23)6-8-15(13)16(17)9-10-22(18,4)20(19)24/h6,8,11,16-20,23-24H,5,7,9-10,12H2,1-4H3/t16-,17-,18+,19+,20+,22+/m1/s1. The van der Waals surface area contributed by atoms with Crippen LogP contribution in [0, 0.1) is 17.3 Å². The van der Waals surface area contributed by atoms with E-state index in [0.29, 0.717) is 23.5 Å². The van der Waals surface area contributed by atoms with Gasteiger partial charge >= 0.3 is 0 Å². The highest BCUT2D eigenvalue weighted by atomic mass is 16.5. The second-order valence-corrected chi connectivity index (χ2v) is 9.79. The van der Waals surface area contributed by atoms with Crippen molar-refractivity contribution in [2.75, 3.05) is 0 Å². The zero-order valence-electron chi connectivity index (χ0n) is 16.0. The van der Waals surface area contributed by atoms with Gasteiger partial charge in [-0.05, 0) is 99.3 Å². The summed E-state index contributed by atoms with van der Waals surface area (Å²) >= 11 is 0. The minimum Gasteiger partial charge on any atom is -0.508 e. The highest BCUT2D eigenvalue weighted by Crippen LogP contribution is 2.61. The zero-order chi connectivity index (χ0) is 18.0. The molecule has 3 heteroatoms. The Labute approximate surface area is 151 Å². The second kappa shape index (κ2) is 5.72. The van der Waals surface area contributed by atoms with E-state index in [9.17, 15) is 10.2 Å². The number of hydrogen-bond acceptors (Lipinski definition) is 3. The minimum atomic E-state index is -0.362. The summed E-state index contributed by atoms with van der Waals surface area (Å²) in [6.07, 6.45) is 4.96. The minimum absolute atomic E-state index is 0.0223. The molecular weight excluding hydrogens is 312 g/mol. The molecule has 0 radical (unpaired) electrons. The molecule has 3 aliphatic carbocycles. The van der Waals surface area contributed by atoms with Gasteiger partial charge in [-0.2, -0.15) is 0 Å². The van der Waals surface area contributed by atoms with Gasteiger partial charge in [-0.15, -0.1) is 0 Å². The summed E-state index contributed by atoms with van der Waals surface area (Å²) in [5.41, 5.74) is 2.52. The first-order valence-corrected chi connectivity index (χ1v) is 9.87. The summed E-state index contributed by atoms with van der Waals surface area (Å²) < 4.78 is 6.25. The highest BCUT2D eigenvalue weighted by Gasteiger charge is 2.58. The molecule has 25 heavy (non-hydrogen) atoms. The van der Waals surface area contributed by atoms with E-state index in [2.05, 4.69) is 33.8 Å². The Kier molecular flexibility index (Phi) is 3.97. The average Bonchev–Trinajstić information content (AvgIpc) is 2.77. The number of fused-ring (bicyclic) bond motifs is 5. The fourth-order valence-electron chi connectivity index (χ4n) is 6.10. The SMILES string of the molecule is CC(C)(C)O[C@H]1C[C@H]2[C@@H]3CCc4cc(O)ccc4[C@H]3CC[C@]2(C)[C@H]1O. The van der Waals surface area contributed by atoms with Crippen LogP contribution in [-0.2, 0) is 11.2 Å². The molecule has 0 bridgehead atoms. The van der Waals surface area contributed by atoms with Gasteiger partial charge in [0, 0.05) is 0 Å². The van der Waals surface area contributed by atoms with Crippen molar-refractivity contribution in [3.63, 3.8) is 0 Å². The maximum atomic E-state index is 11.1. The molecule has 0 aliphatic heterocycles. The van der Waals surface area contributed by atoms with Crippen LogP contribution in [0.1, 0.15) is 70.4 Å². The largest absolute Gasteiger partial charge is 0.508 e. The third kappa shape index (κ3) is 2.80. The highest BCUT2D eigenvalue weighted by molar-refractivity contribution is 5.40. The van der Waals surface area contributed by atoms with Crippen molar-refractivity contribution in [3.8, 4) is 5.75 Å². The smallest absolute Gasteiger partial charge is 0.115 e. The predicted molar refractivity (Wildman–Crippen MR) is 98.7 cm³/mol. The fraction of sp³-hybridized carbons (Fsp3) is 0.727. The number of phenolic OH excluding ortho intramolecular Hbond substituents is 1. The quantitative estimate of drug-likeness (QED) is 0.794. The number of phenols is 1. The topological polar surface area (TPSA) is 49.7 Å². The van der Waals surface area contributed by atoms with E-state index >= 15 is 0 Å². The van der Waals surface area contributed by atoms with Gasteiger partial charge in [0.05, 0.1) is 17.8 Å². The number of rotatable bonds is 1. The normalized spacial score (nSPS) is 40.3. The van der Waals surface area contributed by atoms with Crippen LogP contribution in [0.25, 0.3) is 0 Å². The van der Waals surface area contributed by atoms with Crippen LogP contribution in [0.2, 0.25) is 0 Å². The van der Waals surface area contributed by atoms with Gasteiger partial charge in [0.15, 0.2) is 0 Å². The van der Waals surface area contributed by atoms with Crippen LogP contribution in [0.4, 0.5) is 0 Å². The van der Waals surface area contributed by atoms with Gasteiger partial charge in [-0.25, -0.2) is 0 Å². The molecule has 0 heterocycles. The van der Waals surface area contributed by atoms with Crippen molar-refractivity contribution in [1.29, 1.82) is 0 Å². The number of hydrogen-bond donors (Lipinski definition) is 2. The molecule has 1 aromatic carbocycles. The first kappa shape index (κ1) is 17.4. The van der Waals surface area contributed by atoms with Crippen molar-refractivity contribution in [1.82, 2.24) is 0 Å². The van der Waals surface area contributed by atoms with Crippen LogP contribution in [0.5, 0.6) is 5.75 Å². The van der Waals surface area contributed by atoms with E-state index in [0.717, 1.165) is 32.1 Å². The third-order valence-electron chi connectivity index (χ3n) is 7.17. The molecule has 4 rings (SSSR count). The van der Waals surface area contributed by atoms with E-state index in [1.807, 2.05) is 12.1 Å². The van der Waals surface area contributed by atoms with Crippen molar-refractivity contribution in [2.24, 2.45) is 17.3 Å². The Morgan fingerprint density at radius 2 is 1.96 bits per heavy atom. The van der Waals surface area contributed by atoms with Crippen LogP contribution in [0.3, 0.4) is 0 Å². The van der Waals surface area contributed by atoms with Crippen LogP contribution in [-0.4, -0.2) is 28.0 Å². The summed E-state index contributed by atoms with van der Waals surface area (Å²) in [7, 11) is 0. The number of aliphatic hydroxyl groups excluding tert-OH is 1. The molecule has 2 saturated carbocycles. The Balaban J connectivity index is 1.63. The number of aliphatic hydroxyl groups is 1. The number of benzene rings is 1. The van der Waals surface area contributed by atoms with E-state index in [1.54, 1.807) is 0 Å². The van der Waals surface area contributed by atoms with Gasteiger partial charge < -0.3 is 14.9 Å². The van der Waals surface area contributed by atoms with Gasteiger partial charge in [-0.1, -0.05) is 13.0 Å². The summed E-state index contributed by atoms with van der Waals surface area (Å²) in [5, 5.41) is 20.9. The molecule has 6 atom stereocenters. The van der Waals surface area contributed by atoms with Crippen molar-refractivity contribution >= 4 is 0 Å². The zero-order valence-corrected chi connectivity index (χ0v) is 16.0. The molecule has 1 aromatic rings. The number of ether oxygens (including phenoxy) is 1. The fourth-order valence-corrected chi connectivity index (χ4v) is 6.10. The van der Waals surface area contributed by atoms with Crippen molar-refractivity contribution in [2.45, 2.75) is 83.5 Å². The molecule has 3 nitrogen and oxygen atoms in total. The first-order valence-electron chi connectivity index (χ1n) is 9.87. The average molecular weight is 344 g/mol. The molecule has 0 spiro atoms. The van der Waals surface area contributed by atoms with E-state index < -0.39 is 0 Å². The van der Waals surface area contributed by atoms with Crippen molar-refractivity contribution < 1.29 is 14.9 Å². The lowest BCUT2D eigenvalue weighted by molar-refractivity contribution is -0.120. The van der Waals surface area contributed by atoms with E-state index in [-0.39, 0.29) is 23.2 Å². The predicted octanol–water partition coefficient (Wildman–Crippen LogP) is 4.40. The molecule has 2 fully saturated rings. The molecule has 0 unspecified atom stereocenters. The maximum Gasteiger partial charge on any atom is 0.115 e. The molecule has 0 amide bonds. The first-order chi connectivity index (χ1) is 11.7. The van der Waals surface area contributed by atoms with E-state index in [1.165, 1.54) is 11.1 Å². The molecule has 0 aromatic heterocycles. The van der Waals surface area contributed by atoms with Gasteiger partial charge in [-0.3, -0.25) is 0 Å². The monoisotopic (exact) mass is 344 g/mol. The van der Waals surface area contributed by atoms with Gasteiger partial charge in [0.25, 0.3) is 0 Å². The Bertz CT molecular complexity index is 662. The lowest BCUT2D eigenvalue weighted by atomic mass is 9.55. The second-order valence-electron chi connectivity index (χ2n) is 9.79. The van der Waals surface area contributed by atoms with Crippen LogP contribution >= 0.6 is 0 Å². The molecule has 3 aliphatic rings. The maximum absolute atomic E-state index is 11.1. The molecule has 138 valence electrons. The Morgan fingerprint density at radius 1 is 1.20 bits per heavy atom. The lowest BCUT2D eigenvalue weighted by Gasteiger charge is -2.49. The third-order valence-corrected chi connectivity index (χ3v) is 7.17.